The van der Waals surface area contributed by atoms with Gasteiger partial charge in [-0.25, -0.2) is 0 Å². The highest BCUT2D eigenvalue weighted by Crippen LogP contribution is 2.33. The number of aromatic nitrogens is 2. The summed E-state index contributed by atoms with van der Waals surface area (Å²) in [6.07, 6.45) is 8.75. The number of fused-ring (bicyclic) bond motifs is 2. The molecule has 0 radical (unpaired) electrons. The van der Waals surface area contributed by atoms with E-state index in [0.29, 0.717) is 35.7 Å². The Balaban J connectivity index is 1.29. The Morgan fingerprint density at radius 1 is 1.25 bits per heavy atom. The Morgan fingerprint density at radius 3 is 2.75 bits per heavy atom. The quantitative estimate of drug-likeness (QED) is 0.914. The van der Waals surface area contributed by atoms with Gasteiger partial charge in [-0.1, -0.05) is 5.16 Å². The van der Waals surface area contributed by atoms with E-state index in [1.807, 2.05) is 6.92 Å². The Hall–Kier alpha value is -1.43. The first-order chi connectivity index (χ1) is 11.7. The average Bonchev–Trinajstić information content (AvgIpc) is 3.12. The Morgan fingerprint density at radius 2 is 2.04 bits per heavy atom. The predicted molar refractivity (Wildman–Crippen MR) is 89.3 cm³/mol. The molecule has 132 valence electrons. The van der Waals surface area contributed by atoms with Crippen molar-refractivity contribution in [1.29, 1.82) is 0 Å². The second kappa shape index (κ2) is 6.82. The van der Waals surface area contributed by atoms with Gasteiger partial charge in [-0.2, -0.15) is 4.98 Å². The van der Waals surface area contributed by atoms with Crippen LogP contribution in [0.3, 0.4) is 0 Å². The molecule has 0 aliphatic carbocycles. The van der Waals surface area contributed by atoms with Gasteiger partial charge in [0.15, 0.2) is 5.82 Å². The summed E-state index contributed by atoms with van der Waals surface area (Å²) in [5.41, 5.74) is 0. The number of carbonyl (C=O) groups is 1. The molecule has 3 saturated heterocycles. The van der Waals surface area contributed by atoms with Crippen LogP contribution in [-0.2, 0) is 11.2 Å². The number of aryl methyl sites for hydroxylation is 1. The molecule has 4 rings (SSSR count). The monoisotopic (exact) mass is 332 g/mol. The van der Waals surface area contributed by atoms with Gasteiger partial charge in [0.05, 0.1) is 0 Å². The van der Waals surface area contributed by atoms with Crippen molar-refractivity contribution in [1.82, 2.24) is 20.4 Å². The molecule has 3 unspecified atom stereocenters. The molecule has 3 fully saturated rings. The molecule has 1 aromatic heterocycles. The highest BCUT2D eigenvalue weighted by molar-refractivity contribution is 5.76. The first-order valence-corrected chi connectivity index (χ1v) is 9.48. The first kappa shape index (κ1) is 16.1. The molecule has 4 heterocycles. The van der Waals surface area contributed by atoms with E-state index < -0.39 is 0 Å². The molecule has 1 amide bonds. The van der Waals surface area contributed by atoms with Crippen LogP contribution in [0.2, 0.25) is 0 Å². The summed E-state index contributed by atoms with van der Waals surface area (Å²) < 4.78 is 5.06. The van der Waals surface area contributed by atoms with E-state index in [4.69, 9.17) is 4.52 Å². The maximum Gasteiger partial charge on any atom is 0.223 e. The summed E-state index contributed by atoms with van der Waals surface area (Å²) in [5, 5.41) is 7.66. The van der Waals surface area contributed by atoms with Crippen molar-refractivity contribution in [3.05, 3.63) is 11.7 Å². The number of nitrogens with one attached hydrogen (secondary N) is 1. The lowest BCUT2D eigenvalue weighted by molar-refractivity contribution is -0.134. The normalized spacial score (nSPS) is 33.0. The Labute approximate surface area is 143 Å². The number of rotatable bonds is 4. The molecule has 1 aromatic rings. The standard InChI is InChI=1S/C18H28N4O2/c1-12-19-17(21-24-12)9-13-3-2-6-22(11-13)18(23)10-14-7-15-4-5-16(8-14)20-15/h13-16,20H,2-11H2,1H3. The van der Waals surface area contributed by atoms with Gasteiger partial charge >= 0.3 is 0 Å². The Kier molecular flexibility index (Phi) is 4.57. The maximum absolute atomic E-state index is 12.8. The van der Waals surface area contributed by atoms with Crippen LogP contribution < -0.4 is 5.32 Å². The van der Waals surface area contributed by atoms with Crippen molar-refractivity contribution in [2.75, 3.05) is 13.1 Å². The van der Waals surface area contributed by atoms with E-state index in [2.05, 4.69) is 20.4 Å². The minimum atomic E-state index is 0.357. The summed E-state index contributed by atoms with van der Waals surface area (Å²) in [6, 6.07) is 1.33. The molecule has 6 nitrogen and oxygen atoms in total. The van der Waals surface area contributed by atoms with E-state index in [9.17, 15) is 4.79 Å². The van der Waals surface area contributed by atoms with E-state index in [0.717, 1.165) is 44.6 Å². The number of nitrogens with zero attached hydrogens (tertiary/aromatic N) is 3. The van der Waals surface area contributed by atoms with Crippen molar-refractivity contribution >= 4 is 5.91 Å². The van der Waals surface area contributed by atoms with Crippen LogP contribution >= 0.6 is 0 Å². The largest absolute Gasteiger partial charge is 0.342 e. The van der Waals surface area contributed by atoms with E-state index in [1.165, 1.54) is 25.7 Å². The van der Waals surface area contributed by atoms with Gasteiger partial charge in [-0.3, -0.25) is 4.79 Å². The SMILES string of the molecule is Cc1nc(CC2CCCN(C(=O)CC3CC4CCC(C3)N4)C2)no1. The molecule has 2 bridgehead atoms. The molecule has 3 aliphatic heterocycles. The minimum Gasteiger partial charge on any atom is -0.342 e. The molecule has 0 spiro atoms. The van der Waals surface area contributed by atoms with Gasteiger partial charge in [0.2, 0.25) is 11.8 Å². The summed E-state index contributed by atoms with van der Waals surface area (Å²) in [4.78, 5) is 19.1. The zero-order valence-electron chi connectivity index (χ0n) is 14.5. The van der Waals surface area contributed by atoms with Crippen LogP contribution in [0.15, 0.2) is 4.52 Å². The lowest BCUT2D eigenvalue weighted by Crippen LogP contribution is -2.43. The van der Waals surface area contributed by atoms with E-state index >= 15 is 0 Å². The fourth-order valence-electron chi connectivity index (χ4n) is 4.86. The second-order valence-electron chi connectivity index (χ2n) is 7.96. The minimum absolute atomic E-state index is 0.357. The van der Waals surface area contributed by atoms with Crippen molar-refractivity contribution in [2.45, 2.75) is 70.4 Å². The maximum atomic E-state index is 12.8. The third-order valence-electron chi connectivity index (χ3n) is 5.95. The second-order valence-corrected chi connectivity index (χ2v) is 7.96. The molecule has 0 aromatic carbocycles. The lowest BCUT2D eigenvalue weighted by atomic mass is 9.88. The van der Waals surface area contributed by atoms with Gasteiger partial charge in [0.1, 0.15) is 0 Å². The molecular formula is C18H28N4O2. The fraction of sp³-hybridized carbons (Fsp3) is 0.833. The van der Waals surface area contributed by atoms with Gasteiger partial charge in [0, 0.05) is 44.9 Å². The lowest BCUT2D eigenvalue weighted by Gasteiger charge is -2.35. The summed E-state index contributed by atoms with van der Waals surface area (Å²) >= 11 is 0. The summed E-state index contributed by atoms with van der Waals surface area (Å²) in [7, 11) is 0. The number of amides is 1. The molecule has 3 aliphatic rings. The Bertz CT molecular complexity index is 575. The first-order valence-electron chi connectivity index (χ1n) is 9.48. The van der Waals surface area contributed by atoms with Crippen LogP contribution in [-0.4, -0.2) is 46.1 Å². The number of carbonyl (C=O) groups excluding carboxylic acids is 1. The van der Waals surface area contributed by atoms with Crippen LogP contribution in [0.1, 0.15) is 56.7 Å². The average molecular weight is 332 g/mol. The van der Waals surface area contributed by atoms with Crippen LogP contribution in [0.5, 0.6) is 0 Å². The van der Waals surface area contributed by atoms with Gasteiger partial charge < -0.3 is 14.7 Å². The number of likely N-dealkylation sites (tertiary alicyclic amines) is 1. The third kappa shape index (κ3) is 3.63. The highest BCUT2D eigenvalue weighted by atomic mass is 16.5. The molecule has 0 saturated carbocycles. The van der Waals surface area contributed by atoms with E-state index in [1.54, 1.807) is 0 Å². The topological polar surface area (TPSA) is 71.3 Å². The van der Waals surface area contributed by atoms with Gasteiger partial charge in [-0.15, -0.1) is 0 Å². The fourth-order valence-corrected chi connectivity index (χ4v) is 4.86. The van der Waals surface area contributed by atoms with Crippen molar-refractivity contribution < 1.29 is 9.32 Å². The summed E-state index contributed by atoms with van der Waals surface area (Å²) in [5.74, 6) is 2.80. The van der Waals surface area contributed by atoms with Gasteiger partial charge in [0.25, 0.3) is 0 Å². The number of hydrogen-bond donors (Lipinski definition) is 1. The summed E-state index contributed by atoms with van der Waals surface area (Å²) in [6.45, 7) is 3.59. The molecular weight excluding hydrogens is 304 g/mol. The van der Waals surface area contributed by atoms with Crippen molar-refractivity contribution in [3.8, 4) is 0 Å². The molecule has 6 heteroatoms. The number of piperidine rings is 2. The molecule has 3 atom stereocenters. The van der Waals surface area contributed by atoms with Crippen LogP contribution in [0.4, 0.5) is 0 Å². The third-order valence-corrected chi connectivity index (χ3v) is 5.95. The van der Waals surface area contributed by atoms with Crippen molar-refractivity contribution in [3.63, 3.8) is 0 Å². The molecule has 1 N–H and O–H groups in total. The van der Waals surface area contributed by atoms with Crippen LogP contribution in [0.25, 0.3) is 0 Å². The smallest absolute Gasteiger partial charge is 0.223 e. The highest BCUT2D eigenvalue weighted by Gasteiger charge is 2.35. The molecule has 24 heavy (non-hydrogen) atoms. The number of hydrogen-bond acceptors (Lipinski definition) is 5. The zero-order chi connectivity index (χ0) is 16.5. The zero-order valence-corrected chi connectivity index (χ0v) is 14.5. The van der Waals surface area contributed by atoms with Crippen LogP contribution in [0, 0.1) is 18.8 Å². The predicted octanol–water partition coefficient (Wildman–Crippen LogP) is 2.08. The van der Waals surface area contributed by atoms with E-state index in [-0.39, 0.29) is 0 Å². The van der Waals surface area contributed by atoms with Gasteiger partial charge in [-0.05, 0) is 50.4 Å². The van der Waals surface area contributed by atoms with Crippen molar-refractivity contribution in [2.24, 2.45) is 11.8 Å².